The molecule has 1 saturated heterocycles. The van der Waals surface area contributed by atoms with E-state index in [1.807, 2.05) is 6.20 Å². The van der Waals surface area contributed by atoms with Crippen molar-refractivity contribution in [2.75, 3.05) is 37.6 Å². The topological polar surface area (TPSA) is 60.6 Å². The van der Waals surface area contributed by atoms with E-state index in [4.69, 9.17) is 5.73 Å². The second-order valence-electron chi connectivity index (χ2n) is 6.94. The molecule has 0 unspecified atom stereocenters. The van der Waals surface area contributed by atoms with E-state index < -0.39 is 0 Å². The van der Waals surface area contributed by atoms with Crippen LogP contribution >= 0.6 is 24.0 Å². The van der Waals surface area contributed by atoms with Crippen molar-refractivity contribution in [3.63, 3.8) is 0 Å². The Labute approximate surface area is 185 Å². The summed E-state index contributed by atoms with van der Waals surface area (Å²) in [5.74, 6) is 0.0665. The first kappa shape index (κ1) is 21.4. The molecule has 0 bridgehead atoms. The Morgan fingerprint density at radius 1 is 1.00 bits per heavy atom. The van der Waals surface area contributed by atoms with Gasteiger partial charge >= 0.3 is 0 Å². The van der Waals surface area contributed by atoms with E-state index >= 15 is 0 Å². The molecule has 0 aliphatic carbocycles. The van der Waals surface area contributed by atoms with E-state index in [2.05, 4.69) is 19.8 Å². The Morgan fingerprint density at radius 3 is 2.41 bits per heavy atom. The fraction of sp³-hybridized carbons (Fsp3) is 0.286. The summed E-state index contributed by atoms with van der Waals surface area (Å²) in [7, 11) is 0. The lowest BCUT2D eigenvalue weighted by molar-refractivity contribution is 0.381. The zero-order chi connectivity index (χ0) is 19.5. The predicted octanol–water partition coefficient (Wildman–Crippen LogP) is 3.74. The smallest absolute Gasteiger partial charge is 0.191 e. The maximum Gasteiger partial charge on any atom is 0.191 e. The molecular weight excluding hydrogens is 487 g/mol. The number of anilines is 1. The van der Waals surface area contributed by atoms with Gasteiger partial charge in [0.1, 0.15) is 11.6 Å². The van der Waals surface area contributed by atoms with Crippen molar-refractivity contribution < 1.29 is 8.78 Å². The normalized spacial score (nSPS) is 14.9. The predicted molar refractivity (Wildman–Crippen MR) is 124 cm³/mol. The van der Waals surface area contributed by atoms with Gasteiger partial charge in [-0.1, -0.05) is 0 Å². The Morgan fingerprint density at radius 2 is 1.69 bits per heavy atom. The van der Waals surface area contributed by atoms with Crippen LogP contribution in [0.1, 0.15) is 5.56 Å². The molecule has 1 aliphatic rings. The van der Waals surface area contributed by atoms with Gasteiger partial charge in [0.05, 0.1) is 0 Å². The summed E-state index contributed by atoms with van der Waals surface area (Å²) in [6, 6.07) is 11.3. The maximum atomic E-state index is 13.5. The molecule has 3 aromatic rings. The van der Waals surface area contributed by atoms with Crippen LogP contribution in [0.25, 0.3) is 10.9 Å². The van der Waals surface area contributed by atoms with Gasteiger partial charge < -0.3 is 20.5 Å². The number of nitrogens with two attached hydrogens (primary N) is 1. The quantitative estimate of drug-likeness (QED) is 0.319. The largest absolute Gasteiger partial charge is 0.370 e. The highest BCUT2D eigenvalue weighted by Gasteiger charge is 2.18. The molecule has 2 aromatic carbocycles. The van der Waals surface area contributed by atoms with Gasteiger partial charge in [0.2, 0.25) is 0 Å². The van der Waals surface area contributed by atoms with Gasteiger partial charge in [-0.15, -0.1) is 24.0 Å². The second kappa shape index (κ2) is 9.43. The van der Waals surface area contributed by atoms with Crippen LogP contribution < -0.4 is 10.6 Å². The summed E-state index contributed by atoms with van der Waals surface area (Å²) in [5.41, 5.74) is 9.14. The Bertz CT molecular complexity index is 978. The average Bonchev–Trinajstić information content (AvgIpc) is 3.11. The van der Waals surface area contributed by atoms with Gasteiger partial charge in [-0.2, -0.15) is 0 Å². The van der Waals surface area contributed by atoms with Crippen LogP contribution in [0.3, 0.4) is 0 Å². The molecule has 5 nitrogen and oxygen atoms in total. The summed E-state index contributed by atoms with van der Waals surface area (Å²) in [6.45, 7) is 3.71. The van der Waals surface area contributed by atoms with Crippen molar-refractivity contribution in [3.8, 4) is 0 Å². The van der Waals surface area contributed by atoms with Gasteiger partial charge in [0.25, 0.3) is 0 Å². The van der Waals surface area contributed by atoms with Crippen molar-refractivity contribution in [3.05, 3.63) is 65.9 Å². The monoisotopic (exact) mass is 511 g/mol. The number of aromatic nitrogens is 1. The number of H-pyrrole nitrogens is 1. The highest BCUT2D eigenvalue weighted by Crippen LogP contribution is 2.20. The SMILES string of the molecule is I.NC(=NCCc1c[nH]c2ccc(F)cc12)N1CCN(c2ccc(F)cc2)CC1. The number of aliphatic imine (C=N–C) groups is 1. The number of nitrogens with one attached hydrogen (secondary N) is 1. The molecule has 3 N–H and O–H groups in total. The van der Waals surface area contributed by atoms with Crippen molar-refractivity contribution in [1.82, 2.24) is 9.88 Å². The summed E-state index contributed by atoms with van der Waals surface area (Å²) in [5, 5.41) is 0.890. The van der Waals surface area contributed by atoms with Crippen LogP contribution in [0, 0.1) is 11.6 Å². The van der Waals surface area contributed by atoms with E-state index in [-0.39, 0.29) is 35.6 Å². The third kappa shape index (κ3) is 4.98. The Balaban J connectivity index is 0.00000240. The summed E-state index contributed by atoms with van der Waals surface area (Å²) in [4.78, 5) is 11.9. The Kier molecular flexibility index (Phi) is 6.94. The van der Waals surface area contributed by atoms with Gasteiger partial charge in [0, 0.05) is 55.5 Å². The minimum atomic E-state index is -0.240. The van der Waals surface area contributed by atoms with Crippen molar-refractivity contribution in [2.24, 2.45) is 10.7 Å². The number of benzene rings is 2. The molecule has 0 spiro atoms. The van der Waals surface area contributed by atoms with Crippen LogP contribution in [-0.4, -0.2) is 48.6 Å². The number of nitrogens with zero attached hydrogens (tertiary/aromatic N) is 3. The van der Waals surface area contributed by atoms with E-state index in [0.717, 1.165) is 48.3 Å². The molecule has 0 amide bonds. The van der Waals surface area contributed by atoms with E-state index in [9.17, 15) is 8.78 Å². The van der Waals surface area contributed by atoms with Crippen molar-refractivity contribution in [1.29, 1.82) is 0 Å². The fourth-order valence-corrected chi connectivity index (χ4v) is 3.59. The van der Waals surface area contributed by atoms with Crippen LogP contribution in [0.5, 0.6) is 0 Å². The third-order valence-electron chi connectivity index (χ3n) is 5.18. The summed E-state index contributed by atoms with van der Waals surface area (Å²) < 4.78 is 26.5. The van der Waals surface area contributed by atoms with Crippen LogP contribution in [-0.2, 0) is 6.42 Å². The number of piperazine rings is 1. The molecule has 0 saturated carbocycles. The second-order valence-corrected chi connectivity index (χ2v) is 6.94. The lowest BCUT2D eigenvalue weighted by atomic mass is 10.1. The summed E-state index contributed by atoms with van der Waals surface area (Å²) in [6.07, 6.45) is 2.59. The molecule has 4 rings (SSSR count). The van der Waals surface area contributed by atoms with E-state index in [1.165, 1.54) is 18.2 Å². The van der Waals surface area contributed by atoms with Gasteiger partial charge in [0.15, 0.2) is 5.96 Å². The lowest BCUT2D eigenvalue weighted by Gasteiger charge is -2.36. The van der Waals surface area contributed by atoms with Gasteiger partial charge in [-0.05, 0) is 54.4 Å². The molecule has 1 aromatic heterocycles. The first-order valence-electron chi connectivity index (χ1n) is 9.41. The number of halogens is 3. The molecule has 1 aliphatic heterocycles. The number of fused-ring (bicyclic) bond motifs is 1. The highest BCUT2D eigenvalue weighted by atomic mass is 127. The zero-order valence-corrected chi connectivity index (χ0v) is 18.3. The maximum absolute atomic E-state index is 13.5. The molecule has 2 heterocycles. The minimum absolute atomic E-state index is 0. The first-order valence-corrected chi connectivity index (χ1v) is 9.41. The molecule has 1 fully saturated rings. The molecule has 0 atom stereocenters. The zero-order valence-electron chi connectivity index (χ0n) is 15.9. The average molecular weight is 511 g/mol. The van der Waals surface area contributed by atoms with E-state index in [0.29, 0.717) is 18.9 Å². The van der Waals surface area contributed by atoms with Gasteiger partial charge in [-0.25, -0.2) is 8.78 Å². The molecule has 8 heteroatoms. The number of hydrogen-bond donors (Lipinski definition) is 2. The molecule has 154 valence electrons. The standard InChI is InChI=1S/C21H23F2N5.HI/c22-16-1-4-18(5-2-16)27-9-11-28(12-10-27)21(24)25-8-7-15-14-26-20-6-3-17(23)13-19(15)20;/h1-6,13-14,26H,7-12H2,(H2,24,25);1H. The van der Waals surface area contributed by atoms with Crippen molar-refractivity contribution >= 4 is 46.5 Å². The van der Waals surface area contributed by atoms with Crippen molar-refractivity contribution in [2.45, 2.75) is 6.42 Å². The summed E-state index contributed by atoms with van der Waals surface area (Å²) >= 11 is 0. The fourth-order valence-electron chi connectivity index (χ4n) is 3.59. The molecular formula is C21H24F2IN5. The van der Waals surface area contributed by atoms with Gasteiger partial charge in [-0.3, -0.25) is 4.99 Å². The molecule has 0 radical (unpaired) electrons. The minimum Gasteiger partial charge on any atom is -0.370 e. The first-order chi connectivity index (χ1) is 13.6. The van der Waals surface area contributed by atoms with Crippen LogP contribution in [0.4, 0.5) is 14.5 Å². The van der Waals surface area contributed by atoms with Crippen LogP contribution in [0.15, 0.2) is 53.7 Å². The number of guanidine groups is 1. The number of aromatic amines is 1. The number of rotatable bonds is 4. The van der Waals surface area contributed by atoms with E-state index in [1.54, 1.807) is 24.3 Å². The number of hydrogen-bond acceptors (Lipinski definition) is 2. The third-order valence-corrected chi connectivity index (χ3v) is 5.18. The molecule has 29 heavy (non-hydrogen) atoms. The lowest BCUT2D eigenvalue weighted by Crippen LogP contribution is -2.51. The van der Waals surface area contributed by atoms with Crippen LogP contribution in [0.2, 0.25) is 0 Å². The highest BCUT2D eigenvalue weighted by molar-refractivity contribution is 14.0. The Hall–Kier alpha value is -2.36.